The number of nitrogens with zero attached hydrogens (tertiary/aromatic N) is 1. The molecule has 0 unspecified atom stereocenters. The molecule has 0 aromatic rings. The second-order valence-electron chi connectivity index (χ2n) is 4.05. The summed E-state index contributed by atoms with van der Waals surface area (Å²) in [7, 11) is 0. The molecule has 2 nitrogen and oxygen atoms in total. The third-order valence-corrected chi connectivity index (χ3v) is 2.35. The highest BCUT2D eigenvalue weighted by molar-refractivity contribution is 5.82. The van der Waals surface area contributed by atoms with E-state index < -0.39 is 0 Å². The van der Waals surface area contributed by atoms with E-state index in [0.717, 1.165) is 18.3 Å². The molecule has 2 heteroatoms. The van der Waals surface area contributed by atoms with Gasteiger partial charge in [0.05, 0.1) is 5.84 Å². The first-order valence-electron chi connectivity index (χ1n) is 5.00. The van der Waals surface area contributed by atoms with Crippen molar-refractivity contribution in [2.24, 2.45) is 22.6 Å². The average Bonchev–Trinajstić information content (AvgIpc) is 2.80. The third-order valence-electron chi connectivity index (χ3n) is 2.35. The van der Waals surface area contributed by atoms with Crippen molar-refractivity contribution in [3.05, 3.63) is 0 Å². The molecule has 70 valence electrons. The number of amidine groups is 1. The smallest absolute Gasteiger partial charge is 0.0962 e. The Bertz CT molecular complexity index is 157. The summed E-state index contributed by atoms with van der Waals surface area (Å²) in [5.74, 6) is 2.25. The van der Waals surface area contributed by atoms with Gasteiger partial charge in [-0.1, -0.05) is 26.7 Å². The van der Waals surface area contributed by atoms with Crippen LogP contribution in [0.5, 0.6) is 0 Å². The average molecular weight is 168 g/mol. The fourth-order valence-corrected chi connectivity index (χ4v) is 1.18. The van der Waals surface area contributed by atoms with Gasteiger partial charge >= 0.3 is 0 Å². The molecule has 1 rings (SSSR count). The summed E-state index contributed by atoms with van der Waals surface area (Å²) in [6, 6.07) is 0. The van der Waals surface area contributed by atoms with Gasteiger partial charge in [0.2, 0.25) is 0 Å². The molecule has 0 saturated heterocycles. The molecule has 0 bridgehead atoms. The Morgan fingerprint density at radius 1 is 1.50 bits per heavy atom. The van der Waals surface area contributed by atoms with Crippen LogP contribution in [0.4, 0.5) is 0 Å². The van der Waals surface area contributed by atoms with E-state index in [2.05, 4.69) is 18.8 Å². The maximum Gasteiger partial charge on any atom is 0.0962 e. The monoisotopic (exact) mass is 168 g/mol. The lowest BCUT2D eigenvalue weighted by Crippen LogP contribution is -2.19. The first-order valence-corrected chi connectivity index (χ1v) is 5.00. The van der Waals surface area contributed by atoms with E-state index >= 15 is 0 Å². The van der Waals surface area contributed by atoms with Crippen molar-refractivity contribution in [1.29, 1.82) is 0 Å². The molecule has 2 N–H and O–H groups in total. The van der Waals surface area contributed by atoms with Crippen LogP contribution in [-0.4, -0.2) is 12.4 Å². The Morgan fingerprint density at radius 2 is 2.17 bits per heavy atom. The molecule has 0 aliphatic heterocycles. The normalized spacial score (nSPS) is 18.8. The Morgan fingerprint density at radius 3 is 2.67 bits per heavy atom. The molecule has 0 aromatic carbocycles. The predicted octanol–water partition coefficient (Wildman–Crippen LogP) is 2.19. The second-order valence-corrected chi connectivity index (χ2v) is 4.05. The molecular weight excluding hydrogens is 148 g/mol. The van der Waals surface area contributed by atoms with Crippen LogP contribution in [-0.2, 0) is 0 Å². The molecule has 0 amide bonds. The molecule has 0 aromatic heterocycles. The minimum Gasteiger partial charge on any atom is -0.387 e. The molecule has 1 aliphatic carbocycles. The van der Waals surface area contributed by atoms with Gasteiger partial charge in [0.1, 0.15) is 0 Å². The van der Waals surface area contributed by atoms with Crippen LogP contribution >= 0.6 is 0 Å². The fraction of sp³-hybridized carbons (Fsp3) is 0.900. The lowest BCUT2D eigenvalue weighted by atomic mass is 10.2. The van der Waals surface area contributed by atoms with Crippen molar-refractivity contribution >= 4 is 5.84 Å². The van der Waals surface area contributed by atoms with E-state index in [1.54, 1.807) is 0 Å². The van der Waals surface area contributed by atoms with E-state index in [9.17, 15) is 0 Å². The maximum absolute atomic E-state index is 5.70. The van der Waals surface area contributed by atoms with Gasteiger partial charge in [-0.05, 0) is 18.8 Å². The van der Waals surface area contributed by atoms with E-state index in [0.29, 0.717) is 5.92 Å². The second kappa shape index (κ2) is 4.48. The highest BCUT2D eigenvalue weighted by Gasteiger charge is 2.19. The predicted molar refractivity (Wildman–Crippen MR) is 53.3 cm³/mol. The van der Waals surface area contributed by atoms with Crippen LogP contribution < -0.4 is 5.73 Å². The van der Waals surface area contributed by atoms with E-state index in [4.69, 9.17) is 5.73 Å². The molecule has 12 heavy (non-hydrogen) atoms. The van der Waals surface area contributed by atoms with Crippen molar-refractivity contribution in [3.8, 4) is 0 Å². The molecule has 1 saturated carbocycles. The topological polar surface area (TPSA) is 38.4 Å². The number of hydrogen-bond acceptors (Lipinski definition) is 1. The Labute approximate surface area is 75.3 Å². The number of aliphatic imine (C=N–C) groups is 1. The number of hydrogen-bond donors (Lipinski definition) is 1. The zero-order chi connectivity index (χ0) is 8.97. The molecule has 1 aliphatic rings. The SMILES string of the molecule is CC(C)C(N)=NCCCC1CC1. The van der Waals surface area contributed by atoms with Crippen LogP contribution in [0.15, 0.2) is 4.99 Å². The summed E-state index contributed by atoms with van der Waals surface area (Å²) in [6.07, 6.45) is 5.47. The largest absolute Gasteiger partial charge is 0.387 e. The first kappa shape index (κ1) is 9.56. The van der Waals surface area contributed by atoms with Gasteiger partial charge in [-0.15, -0.1) is 0 Å². The molecular formula is C10H20N2. The molecule has 0 radical (unpaired) electrons. The van der Waals surface area contributed by atoms with Crippen molar-refractivity contribution < 1.29 is 0 Å². The third kappa shape index (κ3) is 3.74. The molecule has 0 atom stereocenters. The number of nitrogens with two attached hydrogens (primary N) is 1. The summed E-state index contributed by atoms with van der Waals surface area (Å²) in [5, 5.41) is 0. The summed E-state index contributed by atoms with van der Waals surface area (Å²) in [4.78, 5) is 4.32. The Hall–Kier alpha value is -0.530. The maximum atomic E-state index is 5.70. The quantitative estimate of drug-likeness (QED) is 0.381. The van der Waals surface area contributed by atoms with Crippen molar-refractivity contribution in [3.63, 3.8) is 0 Å². The Balaban J connectivity index is 2.02. The van der Waals surface area contributed by atoms with Crippen LogP contribution in [0.1, 0.15) is 39.5 Å². The fourth-order valence-electron chi connectivity index (χ4n) is 1.18. The van der Waals surface area contributed by atoms with Crippen LogP contribution in [0.2, 0.25) is 0 Å². The minimum atomic E-state index is 0.408. The van der Waals surface area contributed by atoms with E-state index in [1.807, 2.05) is 0 Å². The lowest BCUT2D eigenvalue weighted by molar-refractivity contribution is 0.672. The summed E-state index contributed by atoms with van der Waals surface area (Å²) in [6.45, 7) is 5.10. The van der Waals surface area contributed by atoms with Gasteiger partial charge in [-0.3, -0.25) is 4.99 Å². The first-order chi connectivity index (χ1) is 5.70. The minimum absolute atomic E-state index is 0.408. The van der Waals surface area contributed by atoms with Crippen LogP contribution in [0.3, 0.4) is 0 Å². The van der Waals surface area contributed by atoms with Gasteiger partial charge in [-0.2, -0.15) is 0 Å². The van der Waals surface area contributed by atoms with Crippen molar-refractivity contribution in [2.45, 2.75) is 39.5 Å². The van der Waals surface area contributed by atoms with Crippen molar-refractivity contribution in [1.82, 2.24) is 0 Å². The highest BCUT2D eigenvalue weighted by Crippen LogP contribution is 2.33. The molecule has 0 spiro atoms. The summed E-state index contributed by atoms with van der Waals surface area (Å²) >= 11 is 0. The molecule has 0 heterocycles. The van der Waals surface area contributed by atoms with Gasteiger partial charge in [0.15, 0.2) is 0 Å². The molecule has 1 fully saturated rings. The van der Waals surface area contributed by atoms with E-state index in [1.165, 1.54) is 25.7 Å². The standard InChI is InChI=1S/C10H20N2/c1-8(2)10(11)12-7-3-4-9-5-6-9/h8-9H,3-7H2,1-2H3,(H2,11,12). The van der Waals surface area contributed by atoms with Gasteiger partial charge < -0.3 is 5.73 Å². The number of rotatable bonds is 5. The van der Waals surface area contributed by atoms with Crippen LogP contribution in [0, 0.1) is 11.8 Å². The summed E-state index contributed by atoms with van der Waals surface area (Å²) < 4.78 is 0. The summed E-state index contributed by atoms with van der Waals surface area (Å²) in [5.41, 5.74) is 5.70. The van der Waals surface area contributed by atoms with Gasteiger partial charge in [-0.25, -0.2) is 0 Å². The Kier molecular flexibility index (Phi) is 3.57. The van der Waals surface area contributed by atoms with Crippen LogP contribution in [0.25, 0.3) is 0 Å². The lowest BCUT2D eigenvalue weighted by Gasteiger charge is -2.03. The highest BCUT2D eigenvalue weighted by atomic mass is 14.8. The van der Waals surface area contributed by atoms with Crippen molar-refractivity contribution in [2.75, 3.05) is 6.54 Å². The zero-order valence-electron chi connectivity index (χ0n) is 8.21. The van der Waals surface area contributed by atoms with E-state index in [-0.39, 0.29) is 0 Å². The van der Waals surface area contributed by atoms with Gasteiger partial charge in [0.25, 0.3) is 0 Å². The van der Waals surface area contributed by atoms with Gasteiger partial charge in [0, 0.05) is 12.5 Å². The zero-order valence-corrected chi connectivity index (χ0v) is 8.21.